The summed E-state index contributed by atoms with van der Waals surface area (Å²) in [4.78, 5) is 16.2. The van der Waals surface area contributed by atoms with Gasteiger partial charge in [0.2, 0.25) is 11.8 Å². The molecule has 2 saturated carbocycles. The molecular weight excluding hydrogens is 252 g/mol. The fourth-order valence-electron chi connectivity index (χ4n) is 3.77. The Labute approximate surface area is 119 Å². The highest BCUT2D eigenvalue weighted by atomic mass is 16.5. The Morgan fingerprint density at radius 2 is 2.30 bits per heavy atom. The topological polar surface area (TPSA) is 51.2 Å². The first-order valence-electron chi connectivity index (χ1n) is 7.51. The number of fused-ring (bicyclic) bond motifs is 2. The van der Waals surface area contributed by atoms with Crippen LogP contribution < -0.4 is 10.1 Å². The summed E-state index contributed by atoms with van der Waals surface area (Å²) < 4.78 is 5.07. The lowest BCUT2D eigenvalue weighted by Gasteiger charge is -2.21. The van der Waals surface area contributed by atoms with E-state index in [4.69, 9.17) is 4.74 Å². The summed E-state index contributed by atoms with van der Waals surface area (Å²) in [5.74, 6) is 3.12. The van der Waals surface area contributed by atoms with Crippen molar-refractivity contribution in [3.05, 3.63) is 23.9 Å². The van der Waals surface area contributed by atoms with Gasteiger partial charge in [-0.3, -0.25) is 4.79 Å². The number of carbonyl (C=O) groups excluding carboxylic acids is 1. The van der Waals surface area contributed by atoms with Crippen molar-refractivity contribution in [3.63, 3.8) is 0 Å². The van der Waals surface area contributed by atoms with E-state index in [1.165, 1.54) is 25.7 Å². The van der Waals surface area contributed by atoms with Crippen LogP contribution in [0.25, 0.3) is 0 Å². The molecule has 0 aliphatic heterocycles. The Bertz CT molecular complexity index is 489. The molecule has 4 nitrogen and oxygen atoms in total. The van der Waals surface area contributed by atoms with Crippen molar-refractivity contribution in [2.75, 3.05) is 13.7 Å². The molecule has 3 rings (SSSR count). The van der Waals surface area contributed by atoms with Crippen molar-refractivity contribution in [2.45, 2.75) is 32.1 Å². The molecule has 0 saturated heterocycles. The predicted octanol–water partition coefficient (Wildman–Crippen LogP) is 2.19. The number of pyridine rings is 1. The molecule has 20 heavy (non-hydrogen) atoms. The van der Waals surface area contributed by atoms with Crippen LogP contribution in [-0.2, 0) is 11.2 Å². The van der Waals surface area contributed by atoms with E-state index in [9.17, 15) is 4.79 Å². The smallest absolute Gasteiger partial charge is 0.226 e. The molecule has 0 radical (unpaired) electrons. The second-order valence-corrected chi connectivity index (χ2v) is 6.09. The van der Waals surface area contributed by atoms with Gasteiger partial charge in [0.15, 0.2) is 0 Å². The van der Waals surface area contributed by atoms with Gasteiger partial charge in [0.25, 0.3) is 0 Å². The van der Waals surface area contributed by atoms with Crippen molar-refractivity contribution in [1.82, 2.24) is 10.3 Å². The van der Waals surface area contributed by atoms with Gasteiger partial charge in [-0.15, -0.1) is 0 Å². The highest BCUT2D eigenvalue weighted by Gasteiger charge is 2.39. The Kier molecular flexibility index (Phi) is 3.90. The number of aromatic nitrogens is 1. The summed E-state index contributed by atoms with van der Waals surface area (Å²) in [6.07, 6.45) is 5.80. The third-order valence-corrected chi connectivity index (χ3v) is 4.78. The zero-order valence-corrected chi connectivity index (χ0v) is 12.0. The van der Waals surface area contributed by atoms with Crippen molar-refractivity contribution in [1.29, 1.82) is 0 Å². The molecule has 2 bridgehead atoms. The van der Waals surface area contributed by atoms with Gasteiger partial charge in [0.05, 0.1) is 19.2 Å². The van der Waals surface area contributed by atoms with E-state index in [1.807, 2.05) is 12.1 Å². The van der Waals surface area contributed by atoms with Crippen LogP contribution in [0.3, 0.4) is 0 Å². The molecule has 0 spiro atoms. The Morgan fingerprint density at radius 3 is 3.00 bits per heavy atom. The molecule has 1 amide bonds. The maximum absolute atomic E-state index is 12.0. The Hall–Kier alpha value is -1.58. The number of hydrogen-bond donors (Lipinski definition) is 1. The molecule has 3 unspecified atom stereocenters. The number of carbonyl (C=O) groups is 1. The van der Waals surface area contributed by atoms with E-state index in [0.29, 0.717) is 18.2 Å². The summed E-state index contributed by atoms with van der Waals surface area (Å²) >= 11 is 0. The number of nitrogens with zero attached hydrogens (tertiary/aromatic N) is 1. The Morgan fingerprint density at radius 1 is 1.40 bits per heavy atom. The van der Waals surface area contributed by atoms with Gasteiger partial charge >= 0.3 is 0 Å². The summed E-state index contributed by atoms with van der Waals surface area (Å²) in [5, 5.41) is 3.08. The fraction of sp³-hybridized carbons (Fsp3) is 0.625. The van der Waals surface area contributed by atoms with Crippen molar-refractivity contribution in [3.8, 4) is 5.88 Å². The van der Waals surface area contributed by atoms with Crippen LogP contribution in [0.5, 0.6) is 5.88 Å². The monoisotopic (exact) mass is 274 g/mol. The van der Waals surface area contributed by atoms with Crippen molar-refractivity contribution < 1.29 is 9.53 Å². The van der Waals surface area contributed by atoms with Crippen LogP contribution in [0, 0.1) is 17.8 Å². The summed E-state index contributed by atoms with van der Waals surface area (Å²) in [6, 6.07) is 5.51. The molecule has 2 aliphatic rings. The summed E-state index contributed by atoms with van der Waals surface area (Å²) in [5.41, 5.74) is 0.759. The van der Waals surface area contributed by atoms with E-state index < -0.39 is 0 Å². The largest absolute Gasteiger partial charge is 0.481 e. The lowest BCUT2D eigenvalue weighted by Crippen LogP contribution is -2.32. The van der Waals surface area contributed by atoms with Crippen LogP contribution in [-0.4, -0.2) is 24.5 Å². The molecule has 1 aromatic heterocycles. The number of methoxy groups -OCH3 is 1. The molecule has 2 aliphatic carbocycles. The third kappa shape index (κ3) is 2.94. The normalized spacial score (nSPS) is 27.6. The average molecular weight is 274 g/mol. The highest BCUT2D eigenvalue weighted by Crippen LogP contribution is 2.47. The molecule has 0 aromatic carbocycles. The first-order chi connectivity index (χ1) is 9.74. The zero-order chi connectivity index (χ0) is 13.9. The van der Waals surface area contributed by atoms with Gasteiger partial charge < -0.3 is 10.1 Å². The van der Waals surface area contributed by atoms with Gasteiger partial charge in [0.1, 0.15) is 0 Å². The maximum Gasteiger partial charge on any atom is 0.226 e. The fourth-order valence-corrected chi connectivity index (χ4v) is 3.77. The first-order valence-corrected chi connectivity index (χ1v) is 7.51. The van der Waals surface area contributed by atoms with Crippen molar-refractivity contribution >= 4 is 5.91 Å². The van der Waals surface area contributed by atoms with Gasteiger partial charge in [-0.1, -0.05) is 12.5 Å². The molecule has 3 atom stereocenters. The second kappa shape index (κ2) is 5.81. The highest BCUT2D eigenvalue weighted by molar-refractivity contribution is 5.78. The SMILES string of the molecule is COc1cccc(CC(=O)NCC2CC3CCC2C3)n1. The molecular formula is C16H22N2O2. The molecule has 2 fully saturated rings. The van der Waals surface area contributed by atoms with Crippen LogP contribution in [0.1, 0.15) is 31.4 Å². The van der Waals surface area contributed by atoms with Gasteiger partial charge in [-0.25, -0.2) is 4.98 Å². The van der Waals surface area contributed by atoms with Crippen LogP contribution in [0.4, 0.5) is 0 Å². The van der Waals surface area contributed by atoms with Crippen LogP contribution >= 0.6 is 0 Å². The van der Waals surface area contributed by atoms with Gasteiger partial charge in [0, 0.05) is 12.6 Å². The Balaban J connectivity index is 1.47. The maximum atomic E-state index is 12.0. The predicted molar refractivity (Wildman–Crippen MR) is 76.4 cm³/mol. The van der Waals surface area contributed by atoms with E-state index in [0.717, 1.165) is 24.1 Å². The van der Waals surface area contributed by atoms with Gasteiger partial charge in [-0.05, 0) is 43.1 Å². The third-order valence-electron chi connectivity index (χ3n) is 4.78. The van der Waals surface area contributed by atoms with E-state index in [-0.39, 0.29) is 5.91 Å². The van der Waals surface area contributed by atoms with Crippen molar-refractivity contribution in [2.24, 2.45) is 17.8 Å². The molecule has 1 N–H and O–H groups in total. The first kappa shape index (κ1) is 13.4. The lowest BCUT2D eigenvalue weighted by atomic mass is 9.89. The average Bonchev–Trinajstić information content (AvgIpc) is 3.08. The minimum absolute atomic E-state index is 0.0635. The van der Waals surface area contributed by atoms with E-state index in [1.54, 1.807) is 13.2 Å². The lowest BCUT2D eigenvalue weighted by molar-refractivity contribution is -0.120. The number of hydrogen-bond acceptors (Lipinski definition) is 3. The number of nitrogens with one attached hydrogen (secondary N) is 1. The van der Waals surface area contributed by atoms with Gasteiger partial charge in [-0.2, -0.15) is 0 Å². The quantitative estimate of drug-likeness (QED) is 0.895. The molecule has 1 heterocycles. The molecule has 108 valence electrons. The zero-order valence-electron chi connectivity index (χ0n) is 12.0. The molecule has 4 heteroatoms. The summed E-state index contributed by atoms with van der Waals surface area (Å²) in [7, 11) is 1.58. The minimum atomic E-state index is 0.0635. The van der Waals surface area contributed by atoms with Crippen LogP contribution in [0.15, 0.2) is 18.2 Å². The van der Waals surface area contributed by atoms with E-state index >= 15 is 0 Å². The minimum Gasteiger partial charge on any atom is -0.481 e. The van der Waals surface area contributed by atoms with Crippen LogP contribution in [0.2, 0.25) is 0 Å². The number of rotatable bonds is 5. The number of amides is 1. The summed E-state index contributed by atoms with van der Waals surface area (Å²) in [6.45, 7) is 0.837. The second-order valence-electron chi connectivity index (χ2n) is 6.09. The van der Waals surface area contributed by atoms with E-state index in [2.05, 4.69) is 10.3 Å². The molecule has 1 aromatic rings. The standard InChI is InChI=1S/C16H22N2O2/c1-20-16-4-2-3-14(18-16)9-15(19)17-10-13-8-11-5-6-12(13)7-11/h2-4,11-13H,5-10H2,1H3,(H,17,19). The number of ether oxygens (including phenoxy) is 1.